The van der Waals surface area contributed by atoms with E-state index in [-0.39, 0.29) is 17.1 Å². The predicted molar refractivity (Wildman–Crippen MR) is 251 cm³/mol. The van der Waals surface area contributed by atoms with Crippen LogP contribution < -0.4 is 20.6 Å². The molecule has 1 unspecified atom stereocenters. The summed E-state index contributed by atoms with van der Waals surface area (Å²) in [6, 6.07) is 27.3. The van der Waals surface area contributed by atoms with Crippen LogP contribution >= 0.6 is 0 Å². The lowest BCUT2D eigenvalue weighted by Gasteiger charge is -2.35. The Hall–Kier alpha value is -2.36. The molecule has 6 rings (SSSR count). The van der Waals surface area contributed by atoms with E-state index in [1.54, 1.807) is 10.4 Å². The van der Waals surface area contributed by atoms with Crippen LogP contribution in [0.5, 0.6) is 5.75 Å². The molecule has 0 bridgehead atoms. The Bertz CT molecular complexity index is 1940. The summed E-state index contributed by atoms with van der Waals surface area (Å²) >= 11 is 0. The van der Waals surface area contributed by atoms with E-state index in [1.807, 2.05) is 0 Å². The van der Waals surface area contributed by atoms with Crippen molar-refractivity contribution in [3.8, 4) is 11.4 Å². The Morgan fingerprint density at radius 3 is 1.61 bits per heavy atom. The summed E-state index contributed by atoms with van der Waals surface area (Å²) in [5.41, 5.74) is 4.79. The maximum atomic E-state index is 7.29. The predicted octanol–water partition coefficient (Wildman–Crippen LogP) is 12.1. The van der Waals surface area contributed by atoms with Crippen molar-refractivity contribution in [2.24, 2.45) is 5.41 Å². The molecule has 2 saturated heterocycles. The van der Waals surface area contributed by atoms with E-state index >= 15 is 0 Å². The Morgan fingerprint density at radius 2 is 1.19 bits per heavy atom. The third-order valence-corrected chi connectivity index (χ3v) is 26.2. The Kier molecular flexibility index (Phi) is 12.6. The molecule has 0 saturated carbocycles. The molecule has 2 aliphatic heterocycles. The highest BCUT2D eigenvalue weighted by Gasteiger charge is 2.53. The monoisotopic (exact) mass is 810 g/mol. The molecule has 2 fully saturated rings. The first kappa shape index (κ1) is 44.2. The first-order valence-electron chi connectivity index (χ1n) is 22.7. The maximum absolute atomic E-state index is 7.29. The first-order chi connectivity index (χ1) is 26.7. The second-order valence-electron chi connectivity index (χ2n) is 20.5. The molecule has 0 amide bonds. The lowest BCUT2D eigenvalue weighted by atomic mass is 9.69. The van der Waals surface area contributed by atoms with Gasteiger partial charge < -0.3 is 23.3 Å². The molecule has 3 heterocycles. The Labute approximate surface area is 349 Å². The van der Waals surface area contributed by atoms with Crippen LogP contribution in [-0.4, -0.2) is 51.9 Å². The molecule has 0 N–H and O–H groups in total. The van der Waals surface area contributed by atoms with Gasteiger partial charge in [0.1, 0.15) is 5.75 Å². The van der Waals surface area contributed by atoms with Crippen molar-refractivity contribution in [1.29, 1.82) is 0 Å². The van der Waals surface area contributed by atoms with E-state index in [1.165, 1.54) is 63.6 Å². The smallest absolute Gasteiger partial charge is 0.463 e. The molecule has 1 aromatic heterocycles. The summed E-state index contributed by atoms with van der Waals surface area (Å²) in [6.07, 6.45) is 3.68. The molecule has 0 aliphatic carbocycles. The van der Waals surface area contributed by atoms with E-state index in [0.717, 1.165) is 42.6 Å². The standard InChI is InChI=1S/C49H76BNO4Si2/c1-16-56(17-2,18-3)36-25-27-38-39-28-26-37(57(19-4,20-5)21-6)33-42(39)51(41(38)32-36)43-31-35(47(10,11)34-46(7,8)9)30-40(45(43)53-44-24-22-23-29-52-44)50-54-48(12,13)49(14,15)55-50/h25-28,30-33,44H,16-24,29,34H2,1-15H3. The van der Waals surface area contributed by atoms with Crippen molar-refractivity contribution in [3.05, 3.63) is 54.1 Å². The van der Waals surface area contributed by atoms with Crippen LogP contribution in [-0.2, 0) is 19.5 Å². The quantitative estimate of drug-likeness (QED) is 0.119. The Balaban J connectivity index is 1.80. The molecule has 2 aliphatic rings. The second-order valence-corrected chi connectivity index (χ2v) is 31.0. The zero-order valence-electron chi connectivity index (χ0n) is 38.6. The molecular formula is C49H76BNO4Si2. The van der Waals surface area contributed by atoms with Crippen LogP contribution in [0, 0.1) is 5.41 Å². The number of hydrogen-bond donors (Lipinski definition) is 0. The van der Waals surface area contributed by atoms with E-state index in [0.29, 0.717) is 6.61 Å². The van der Waals surface area contributed by atoms with E-state index in [2.05, 4.69) is 157 Å². The minimum Gasteiger partial charge on any atom is -0.463 e. The van der Waals surface area contributed by atoms with E-state index in [4.69, 9.17) is 18.8 Å². The maximum Gasteiger partial charge on any atom is 0.498 e. The summed E-state index contributed by atoms with van der Waals surface area (Å²) in [4.78, 5) is 0. The molecule has 312 valence electrons. The van der Waals surface area contributed by atoms with Gasteiger partial charge in [-0.15, -0.1) is 0 Å². The van der Waals surface area contributed by atoms with Gasteiger partial charge in [-0.3, -0.25) is 0 Å². The second kappa shape index (κ2) is 16.2. The van der Waals surface area contributed by atoms with Crippen molar-refractivity contribution in [1.82, 2.24) is 4.57 Å². The molecule has 57 heavy (non-hydrogen) atoms. The summed E-state index contributed by atoms with van der Waals surface area (Å²) in [6.45, 7) is 35.7. The average Bonchev–Trinajstić information content (AvgIpc) is 3.60. The van der Waals surface area contributed by atoms with Gasteiger partial charge in [0.25, 0.3) is 0 Å². The zero-order chi connectivity index (χ0) is 41.8. The highest BCUT2D eigenvalue weighted by molar-refractivity contribution is 6.92. The van der Waals surface area contributed by atoms with Gasteiger partial charge >= 0.3 is 7.12 Å². The summed E-state index contributed by atoms with van der Waals surface area (Å²) in [5.74, 6) is 0.820. The van der Waals surface area contributed by atoms with Crippen molar-refractivity contribution >= 4 is 60.9 Å². The normalized spacial score (nSPS) is 19.2. The van der Waals surface area contributed by atoms with Gasteiger partial charge in [-0.05, 0) is 81.5 Å². The summed E-state index contributed by atoms with van der Waals surface area (Å²) < 4.78 is 30.2. The number of rotatable bonds is 14. The van der Waals surface area contributed by atoms with Crippen LogP contribution in [0.4, 0.5) is 0 Å². The van der Waals surface area contributed by atoms with Crippen LogP contribution in [0.1, 0.15) is 135 Å². The van der Waals surface area contributed by atoms with Crippen molar-refractivity contribution < 1.29 is 18.8 Å². The fraction of sp³-hybridized carbons (Fsp3) is 0.633. The van der Waals surface area contributed by atoms with Gasteiger partial charge in [0.15, 0.2) is 6.29 Å². The van der Waals surface area contributed by atoms with Gasteiger partial charge in [-0.2, -0.15) is 0 Å². The van der Waals surface area contributed by atoms with Gasteiger partial charge in [0.2, 0.25) is 0 Å². The molecule has 4 aromatic rings. The van der Waals surface area contributed by atoms with Gasteiger partial charge in [-0.25, -0.2) is 0 Å². The minimum atomic E-state index is -1.72. The molecule has 0 spiro atoms. The summed E-state index contributed by atoms with van der Waals surface area (Å²) in [7, 11) is -4.04. The lowest BCUT2D eigenvalue weighted by Crippen LogP contribution is -2.45. The van der Waals surface area contributed by atoms with Crippen LogP contribution in [0.3, 0.4) is 0 Å². The molecule has 3 aromatic carbocycles. The van der Waals surface area contributed by atoms with Crippen molar-refractivity contribution in [3.63, 3.8) is 0 Å². The first-order valence-corrected chi connectivity index (χ1v) is 27.9. The van der Waals surface area contributed by atoms with Crippen molar-refractivity contribution in [2.45, 2.75) is 189 Å². The highest BCUT2D eigenvalue weighted by atomic mass is 28.3. The Morgan fingerprint density at radius 1 is 0.702 bits per heavy atom. The molecule has 0 radical (unpaired) electrons. The third kappa shape index (κ3) is 8.13. The zero-order valence-corrected chi connectivity index (χ0v) is 40.6. The lowest BCUT2D eigenvalue weighted by molar-refractivity contribution is -0.105. The highest BCUT2D eigenvalue weighted by Crippen LogP contribution is 2.44. The number of hydrogen-bond acceptors (Lipinski definition) is 4. The fourth-order valence-corrected chi connectivity index (χ4v) is 17.7. The van der Waals surface area contributed by atoms with Gasteiger partial charge in [0, 0.05) is 22.7 Å². The SMILES string of the molecule is CC[Si](CC)(CC)c1ccc2c3ccc([Si](CC)(CC)CC)cc3n(-c3cc(C(C)(C)CC(C)(C)C)cc(B4OC(C)(C)C(C)(C)O4)c3OC3CCCCO3)c2c1. The number of ether oxygens (including phenoxy) is 2. The molecular weight excluding hydrogens is 734 g/mol. The average molecular weight is 810 g/mol. The number of aromatic nitrogens is 1. The number of benzene rings is 3. The summed E-state index contributed by atoms with van der Waals surface area (Å²) in [5, 5.41) is 5.72. The molecule has 8 heteroatoms. The molecule has 5 nitrogen and oxygen atoms in total. The van der Waals surface area contributed by atoms with Gasteiger partial charge in [0.05, 0.1) is 50.7 Å². The molecule has 1 atom stereocenters. The largest absolute Gasteiger partial charge is 0.498 e. The minimum absolute atomic E-state index is 0.124. The van der Waals surface area contributed by atoms with Crippen LogP contribution in [0.2, 0.25) is 36.3 Å². The fourth-order valence-electron chi connectivity index (χ4n) is 10.5. The van der Waals surface area contributed by atoms with E-state index < -0.39 is 34.5 Å². The van der Waals surface area contributed by atoms with Gasteiger partial charge in [-0.1, -0.05) is 153 Å². The number of fused-ring (bicyclic) bond motifs is 3. The topological polar surface area (TPSA) is 41.9 Å². The van der Waals surface area contributed by atoms with E-state index in [9.17, 15) is 0 Å². The van der Waals surface area contributed by atoms with Crippen LogP contribution in [0.25, 0.3) is 27.5 Å². The van der Waals surface area contributed by atoms with Crippen molar-refractivity contribution in [2.75, 3.05) is 6.61 Å². The number of nitrogens with zero attached hydrogens (tertiary/aromatic N) is 1. The van der Waals surface area contributed by atoms with Crippen LogP contribution in [0.15, 0.2) is 48.5 Å². The third-order valence-electron chi connectivity index (χ3n) is 15.0.